The highest BCUT2D eigenvalue weighted by atomic mass is 15.2. The molecule has 0 saturated carbocycles. The van der Waals surface area contributed by atoms with Crippen molar-refractivity contribution < 1.29 is 0 Å². The van der Waals surface area contributed by atoms with Crippen LogP contribution in [0.1, 0.15) is 12.0 Å². The number of aromatic amines is 1. The predicted molar refractivity (Wildman–Crippen MR) is 78.4 cm³/mol. The molecule has 3 rings (SSSR count). The average molecular weight is 273 g/mol. The largest absolute Gasteiger partial charge is 0.368 e. The van der Waals surface area contributed by atoms with Crippen LogP contribution >= 0.6 is 0 Å². The molecule has 0 amide bonds. The van der Waals surface area contributed by atoms with Gasteiger partial charge in [0.15, 0.2) is 0 Å². The summed E-state index contributed by atoms with van der Waals surface area (Å²) in [5.74, 6) is 1.17. The Morgan fingerprint density at radius 1 is 1.45 bits per heavy atom. The van der Waals surface area contributed by atoms with E-state index in [2.05, 4.69) is 30.4 Å². The molecule has 1 unspecified atom stereocenters. The van der Waals surface area contributed by atoms with Gasteiger partial charge >= 0.3 is 0 Å². The molecule has 1 aliphatic rings. The molecule has 3 heterocycles. The van der Waals surface area contributed by atoms with Crippen molar-refractivity contribution in [3.8, 4) is 11.4 Å². The molecule has 0 bridgehead atoms. The smallest absolute Gasteiger partial charge is 0.222 e. The molecule has 1 aliphatic heterocycles. The van der Waals surface area contributed by atoms with Crippen molar-refractivity contribution in [1.82, 2.24) is 25.5 Å². The normalized spacial score (nSPS) is 18.7. The van der Waals surface area contributed by atoms with E-state index < -0.39 is 0 Å². The Bertz CT molecular complexity index is 607. The Morgan fingerprint density at radius 2 is 2.30 bits per heavy atom. The third-order valence-corrected chi connectivity index (χ3v) is 3.74. The van der Waals surface area contributed by atoms with Gasteiger partial charge in [-0.1, -0.05) is 0 Å². The highest BCUT2D eigenvalue weighted by Crippen LogP contribution is 2.25. The molecular weight excluding hydrogens is 254 g/mol. The molecule has 2 aromatic heterocycles. The molecule has 2 aromatic rings. The number of hydrogen-bond acceptors (Lipinski definition) is 6. The van der Waals surface area contributed by atoms with Gasteiger partial charge in [0.1, 0.15) is 5.82 Å². The van der Waals surface area contributed by atoms with E-state index in [1.54, 1.807) is 6.20 Å². The Hall–Kier alpha value is -2.15. The number of nitrogens with two attached hydrogens (primary N) is 1. The van der Waals surface area contributed by atoms with Crippen LogP contribution in [0.2, 0.25) is 0 Å². The van der Waals surface area contributed by atoms with E-state index in [-0.39, 0.29) is 0 Å². The van der Waals surface area contributed by atoms with Gasteiger partial charge in [-0.05, 0) is 26.0 Å². The molecule has 1 saturated heterocycles. The summed E-state index contributed by atoms with van der Waals surface area (Å²) in [6, 6.07) is 2.47. The molecule has 0 spiro atoms. The van der Waals surface area contributed by atoms with Crippen LogP contribution < -0.4 is 16.0 Å². The molecule has 1 atom stereocenters. The lowest BCUT2D eigenvalue weighted by molar-refractivity contribution is 0.616. The van der Waals surface area contributed by atoms with E-state index in [9.17, 15) is 0 Å². The predicted octanol–water partition coefficient (Wildman–Crippen LogP) is 0.555. The van der Waals surface area contributed by atoms with E-state index in [0.717, 1.165) is 42.3 Å². The van der Waals surface area contributed by atoms with Gasteiger partial charge in [0.05, 0.1) is 17.6 Å². The number of anilines is 2. The zero-order valence-electron chi connectivity index (χ0n) is 11.7. The van der Waals surface area contributed by atoms with Crippen LogP contribution in [0, 0.1) is 6.92 Å². The van der Waals surface area contributed by atoms with Crippen molar-refractivity contribution in [2.45, 2.75) is 19.4 Å². The Labute approximate surface area is 117 Å². The average Bonchev–Trinajstić information content (AvgIpc) is 3.06. The maximum absolute atomic E-state index is 5.85. The quantitative estimate of drug-likeness (QED) is 0.756. The molecule has 20 heavy (non-hydrogen) atoms. The SMILES string of the molecule is CNC1CCN(c2cc(-c3[nH]ncc3C)nc(N)n2)C1. The zero-order chi connectivity index (χ0) is 14.1. The second kappa shape index (κ2) is 5.09. The van der Waals surface area contributed by atoms with E-state index in [1.807, 2.05) is 20.0 Å². The zero-order valence-corrected chi connectivity index (χ0v) is 11.7. The summed E-state index contributed by atoms with van der Waals surface area (Å²) in [7, 11) is 1.99. The summed E-state index contributed by atoms with van der Waals surface area (Å²) in [5.41, 5.74) is 8.58. The number of nitrogens with zero attached hydrogens (tertiary/aromatic N) is 4. The summed E-state index contributed by atoms with van der Waals surface area (Å²) in [4.78, 5) is 10.9. The molecule has 0 aromatic carbocycles. The van der Waals surface area contributed by atoms with Crippen molar-refractivity contribution in [3.63, 3.8) is 0 Å². The minimum atomic E-state index is 0.291. The van der Waals surface area contributed by atoms with Crippen molar-refractivity contribution in [3.05, 3.63) is 17.8 Å². The van der Waals surface area contributed by atoms with Crippen LogP contribution in [0.25, 0.3) is 11.4 Å². The minimum absolute atomic E-state index is 0.291. The number of aryl methyl sites for hydroxylation is 1. The van der Waals surface area contributed by atoms with Crippen LogP contribution in [-0.2, 0) is 0 Å². The first-order chi connectivity index (χ1) is 9.67. The van der Waals surface area contributed by atoms with Crippen LogP contribution in [-0.4, -0.2) is 46.3 Å². The van der Waals surface area contributed by atoms with Crippen LogP contribution in [0.5, 0.6) is 0 Å². The number of H-pyrrole nitrogens is 1. The highest BCUT2D eigenvalue weighted by Gasteiger charge is 2.23. The number of nitrogen functional groups attached to an aromatic ring is 1. The lowest BCUT2D eigenvalue weighted by atomic mass is 10.2. The summed E-state index contributed by atoms with van der Waals surface area (Å²) < 4.78 is 0. The van der Waals surface area contributed by atoms with E-state index in [0.29, 0.717) is 12.0 Å². The summed E-state index contributed by atoms with van der Waals surface area (Å²) >= 11 is 0. The van der Waals surface area contributed by atoms with Gasteiger partial charge in [0, 0.05) is 25.2 Å². The topological polar surface area (TPSA) is 95.8 Å². The number of aromatic nitrogens is 4. The fraction of sp³-hybridized carbons (Fsp3) is 0.462. The fourth-order valence-corrected chi connectivity index (χ4v) is 2.55. The molecule has 4 N–H and O–H groups in total. The van der Waals surface area contributed by atoms with Gasteiger partial charge in [0.25, 0.3) is 0 Å². The molecule has 1 fully saturated rings. The fourth-order valence-electron chi connectivity index (χ4n) is 2.55. The van der Waals surface area contributed by atoms with Crippen LogP contribution in [0.4, 0.5) is 11.8 Å². The van der Waals surface area contributed by atoms with E-state index in [4.69, 9.17) is 5.73 Å². The first-order valence-corrected chi connectivity index (χ1v) is 6.74. The third kappa shape index (κ3) is 2.32. The van der Waals surface area contributed by atoms with Gasteiger partial charge in [-0.3, -0.25) is 5.10 Å². The van der Waals surface area contributed by atoms with Gasteiger partial charge < -0.3 is 16.0 Å². The van der Waals surface area contributed by atoms with Crippen molar-refractivity contribution in [2.75, 3.05) is 30.8 Å². The van der Waals surface area contributed by atoms with E-state index in [1.165, 1.54) is 0 Å². The molecule has 7 nitrogen and oxygen atoms in total. The third-order valence-electron chi connectivity index (χ3n) is 3.74. The molecule has 0 radical (unpaired) electrons. The lowest BCUT2D eigenvalue weighted by Gasteiger charge is -2.18. The minimum Gasteiger partial charge on any atom is -0.368 e. The lowest BCUT2D eigenvalue weighted by Crippen LogP contribution is -2.30. The summed E-state index contributed by atoms with van der Waals surface area (Å²) in [5, 5.41) is 10.3. The van der Waals surface area contributed by atoms with Crippen molar-refractivity contribution in [2.24, 2.45) is 0 Å². The molecule has 106 valence electrons. The van der Waals surface area contributed by atoms with Crippen molar-refractivity contribution >= 4 is 11.8 Å². The number of nitrogens with one attached hydrogen (secondary N) is 2. The van der Waals surface area contributed by atoms with Gasteiger partial charge in [-0.15, -0.1) is 0 Å². The molecular formula is C13H19N7. The Balaban J connectivity index is 1.93. The van der Waals surface area contributed by atoms with Gasteiger partial charge in [0.2, 0.25) is 5.95 Å². The van der Waals surface area contributed by atoms with Gasteiger partial charge in [-0.25, -0.2) is 4.98 Å². The summed E-state index contributed by atoms with van der Waals surface area (Å²) in [6.07, 6.45) is 2.89. The maximum Gasteiger partial charge on any atom is 0.222 e. The first-order valence-electron chi connectivity index (χ1n) is 6.74. The molecule has 7 heteroatoms. The Kier molecular flexibility index (Phi) is 3.27. The van der Waals surface area contributed by atoms with Crippen LogP contribution in [0.15, 0.2) is 12.3 Å². The first kappa shape index (κ1) is 12.9. The van der Waals surface area contributed by atoms with Crippen LogP contribution in [0.3, 0.4) is 0 Å². The number of hydrogen-bond donors (Lipinski definition) is 3. The van der Waals surface area contributed by atoms with Crippen molar-refractivity contribution in [1.29, 1.82) is 0 Å². The Morgan fingerprint density at radius 3 is 2.95 bits per heavy atom. The standard InChI is InChI=1S/C13H19N7/c1-8-6-16-19-12(8)10-5-11(18-13(14)17-10)20-4-3-9(7-20)15-2/h5-6,9,15H,3-4,7H2,1-2H3,(H,16,19)(H2,14,17,18). The molecule has 0 aliphatic carbocycles. The highest BCUT2D eigenvalue weighted by molar-refractivity contribution is 5.63. The monoisotopic (exact) mass is 273 g/mol. The van der Waals surface area contributed by atoms with E-state index >= 15 is 0 Å². The second-order valence-corrected chi connectivity index (χ2v) is 5.12. The summed E-state index contributed by atoms with van der Waals surface area (Å²) in [6.45, 7) is 3.90. The number of likely N-dealkylation sites (N-methyl/N-ethyl adjacent to an activating group) is 1. The number of rotatable bonds is 3. The van der Waals surface area contributed by atoms with Gasteiger partial charge in [-0.2, -0.15) is 10.1 Å². The maximum atomic E-state index is 5.85. The second-order valence-electron chi connectivity index (χ2n) is 5.12.